The number of nitro benzene ring substituents is 2. The van der Waals surface area contributed by atoms with Crippen LogP contribution in [0.5, 0.6) is 0 Å². The fourth-order valence-corrected chi connectivity index (χ4v) is 2.80. The Hall–Kier alpha value is -3.44. The fourth-order valence-electron chi connectivity index (χ4n) is 2.80. The van der Waals surface area contributed by atoms with Crippen LogP contribution in [0, 0.1) is 27.2 Å². The van der Waals surface area contributed by atoms with Crippen LogP contribution in [0.4, 0.5) is 25.8 Å². The highest BCUT2D eigenvalue weighted by atomic mass is 19.3. The Morgan fingerprint density at radius 1 is 1.25 bits per heavy atom. The Kier molecular flexibility index (Phi) is 5.03. The number of aromatic nitrogens is 2. The molecule has 0 spiro atoms. The second-order valence-electron chi connectivity index (χ2n) is 6.43. The lowest BCUT2D eigenvalue weighted by Crippen LogP contribution is -2.21. The van der Waals surface area contributed by atoms with Crippen molar-refractivity contribution in [3.63, 3.8) is 0 Å². The third-order valence-corrected chi connectivity index (χ3v) is 4.37. The lowest BCUT2D eigenvalue weighted by Gasteiger charge is -2.09. The summed E-state index contributed by atoms with van der Waals surface area (Å²) >= 11 is 0. The van der Waals surface area contributed by atoms with Crippen LogP contribution in [0.25, 0.3) is 0 Å². The van der Waals surface area contributed by atoms with Gasteiger partial charge in [0.15, 0.2) is 0 Å². The van der Waals surface area contributed by atoms with Crippen molar-refractivity contribution in [2.75, 3.05) is 5.32 Å². The van der Waals surface area contributed by atoms with Crippen molar-refractivity contribution in [2.45, 2.75) is 38.7 Å². The first-order valence-corrected chi connectivity index (χ1v) is 8.26. The van der Waals surface area contributed by atoms with Gasteiger partial charge in [-0.2, -0.15) is 5.10 Å². The summed E-state index contributed by atoms with van der Waals surface area (Å²) in [6, 6.07) is 3.22. The predicted octanol–water partition coefficient (Wildman–Crippen LogP) is 3.46. The second-order valence-corrected chi connectivity index (χ2v) is 6.43. The van der Waals surface area contributed by atoms with E-state index in [0.717, 1.165) is 29.7 Å². The van der Waals surface area contributed by atoms with E-state index < -0.39 is 45.8 Å². The van der Waals surface area contributed by atoms with Gasteiger partial charge in [0.2, 0.25) is 5.91 Å². The van der Waals surface area contributed by atoms with Gasteiger partial charge in [-0.1, -0.05) is 0 Å². The molecule has 0 unspecified atom stereocenters. The summed E-state index contributed by atoms with van der Waals surface area (Å²) in [5.74, 6) is -0.677. The average Bonchev–Trinajstić information content (AvgIpc) is 3.36. The van der Waals surface area contributed by atoms with Crippen molar-refractivity contribution in [1.82, 2.24) is 9.78 Å². The van der Waals surface area contributed by atoms with Gasteiger partial charge in [0.25, 0.3) is 17.8 Å². The molecule has 1 aliphatic carbocycles. The molecule has 10 nitrogen and oxygen atoms in total. The monoisotopic (exact) mass is 395 g/mol. The van der Waals surface area contributed by atoms with E-state index in [1.54, 1.807) is 0 Å². The number of amides is 1. The third-order valence-electron chi connectivity index (χ3n) is 4.37. The molecule has 0 saturated heterocycles. The molecule has 28 heavy (non-hydrogen) atoms. The number of nitro groups is 2. The van der Waals surface area contributed by atoms with Crippen LogP contribution in [0.15, 0.2) is 18.2 Å². The van der Waals surface area contributed by atoms with Gasteiger partial charge in [-0.15, -0.1) is 0 Å². The van der Waals surface area contributed by atoms with Crippen molar-refractivity contribution < 1.29 is 23.4 Å². The van der Waals surface area contributed by atoms with E-state index in [0.29, 0.717) is 5.69 Å². The van der Waals surface area contributed by atoms with Gasteiger partial charge in [0.05, 0.1) is 21.2 Å². The van der Waals surface area contributed by atoms with Gasteiger partial charge >= 0.3 is 0 Å². The maximum atomic E-state index is 13.2. The topological polar surface area (TPSA) is 133 Å². The van der Waals surface area contributed by atoms with Gasteiger partial charge in [-0.05, 0) is 25.8 Å². The van der Waals surface area contributed by atoms with Crippen LogP contribution in [0.2, 0.25) is 0 Å². The summed E-state index contributed by atoms with van der Waals surface area (Å²) in [4.78, 5) is 32.8. The second kappa shape index (κ2) is 7.29. The number of hydrogen-bond donors (Lipinski definition) is 1. The van der Waals surface area contributed by atoms with Gasteiger partial charge in [-0.3, -0.25) is 29.7 Å². The molecule has 0 aliphatic heterocycles. The first-order chi connectivity index (χ1) is 13.2. The Bertz CT molecular complexity index is 935. The number of carbonyl (C=O) groups is 1. The average molecular weight is 395 g/mol. The molecule has 0 bridgehead atoms. The van der Waals surface area contributed by atoms with Crippen LogP contribution in [-0.4, -0.2) is 25.5 Å². The normalized spacial score (nSPS) is 13.6. The van der Waals surface area contributed by atoms with Crippen molar-refractivity contribution in [3.8, 4) is 0 Å². The third kappa shape index (κ3) is 3.94. The Morgan fingerprint density at radius 2 is 1.82 bits per heavy atom. The Labute approximate surface area is 156 Å². The molecule has 3 rings (SSSR count). The van der Waals surface area contributed by atoms with E-state index in [4.69, 9.17) is 0 Å². The number of halogens is 2. The van der Waals surface area contributed by atoms with Crippen LogP contribution in [0.1, 0.15) is 42.1 Å². The van der Waals surface area contributed by atoms with Crippen LogP contribution >= 0.6 is 0 Å². The zero-order chi connectivity index (χ0) is 20.6. The van der Waals surface area contributed by atoms with Gasteiger partial charge in [-0.25, -0.2) is 8.78 Å². The molecule has 12 heteroatoms. The van der Waals surface area contributed by atoms with Crippen molar-refractivity contribution >= 4 is 23.0 Å². The molecule has 148 valence electrons. The molecule has 1 saturated carbocycles. The lowest BCUT2D eigenvalue weighted by molar-refractivity contribution is -0.395. The van der Waals surface area contributed by atoms with Crippen molar-refractivity contribution in [2.24, 2.45) is 0 Å². The van der Waals surface area contributed by atoms with E-state index >= 15 is 0 Å². The first kappa shape index (κ1) is 19.3. The summed E-state index contributed by atoms with van der Waals surface area (Å²) < 4.78 is 27.3. The van der Waals surface area contributed by atoms with Crippen molar-refractivity contribution in [1.29, 1.82) is 0 Å². The van der Waals surface area contributed by atoms with Crippen LogP contribution < -0.4 is 5.32 Å². The molecule has 0 radical (unpaired) electrons. The zero-order valence-corrected chi connectivity index (χ0v) is 14.6. The molecule has 1 heterocycles. The number of anilines is 1. The fraction of sp³-hybridized carbons (Fsp3) is 0.375. The van der Waals surface area contributed by atoms with Crippen LogP contribution in [-0.2, 0) is 11.3 Å². The van der Waals surface area contributed by atoms with E-state index in [9.17, 15) is 33.8 Å². The standard InChI is InChI=1S/C16H15F2N5O5/c1-8-12(22(25)26)4-10(5-13(8)23(27)28)19-15(24)7-21-14(16(17)18)6-11(20-21)9-2-3-9/h4-6,9,16H,2-3,7H2,1H3,(H,19,24). The minimum absolute atomic E-state index is 0.115. The quantitative estimate of drug-likeness (QED) is 0.564. The SMILES string of the molecule is Cc1c([N+](=O)[O-])cc(NC(=O)Cn2nc(C3CC3)cc2C(F)F)cc1[N+](=O)[O-]. The molecule has 1 fully saturated rings. The smallest absolute Gasteiger partial charge is 0.281 e. The van der Waals surface area contributed by atoms with E-state index in [1.165, 1.54) is 13.0 Å². The van der Waals surface area contributed by atoms with Gasteiger partial charge < -0.3 is 5.32 Å². The highest BCUT2D eigenvalue weighted by Crippen LogP contribution is 2.40. The molecule has 0 atom stereocenters. The van der Waals surface area contributed by atoms with Gasteiger partial charge in [0.1, 0.15) is 17.8 Å². The zero-order valence-electron chi connectivity index (χ0n) is 14.6. The first-order valence-electron chi connectivity index (χ1n) is 8.26. The molecule has 1 aromatic heterocycles. The number of carbonyl (C=O) groups excluding carboxylic acids is 1. The maximum Gasteiger partial charge on any atom is 0.281 e. The van der Waals surface area contributed by atoms with Crippen LogP contribution in [0.3, 0.4) is 0 Å². The number of nitrogens with one attached hydrogen (secondary N) is 1. The maximum absolute atomic E-state index is 13.2. The largest absolute Gasteiger partial charge is 0.324 e. The predicted molar refractivity (Wildman–Crippen MR) is 92.3 cm³/mol. The Morgan fingerprint density at radius 3 is 2.29 bits per heavy atom. The molecular weight excluding hydrogens is 380 g/mol. The molecule has 1 aromatic carbocycles. The molecule has 1 amide bonds. The molecular formula is C16H15F2N5O5. The van der Waals surface area contributed by atoms with E-state index in [2.05, 4.69) is 10.4 Å². The summed E-state index contributed by atoms with van der Waals surface area (Å²) in [5, 5.41) is 28.5. The summed E-state index contributed by atoms with van der Waals surface area (Å²) in [5.41, 5.74) is -1.32. The molecule has 2 aromatic rings. The number of hydrogen-bond acceptors (Lipinski definition) is 6. The summed E-state index contributed by atoms with van der Waals surface area (Å²) in [7, 11) is 0. The molecule has 1 N–H and O–H groups in total. The lowest BCUT2D eigenvalue weighted by atomic mass is 10.1. The minimum Gasteiger partial charge on any atom is -0.324 e. The number of alkyl halides is 2. The highest BCUT2D eigenvalue weighted by Gasteiger charge is 2.29. The number of nitrogens with zero attached hydrogens (tertiary/aromatic N) is 4. The molecule has 1 aliphatic rings. The summed E-state index contributed by atoms with van der Waals surface area (Å²) in [6.45, 7) is 0.668. The number of rotatable bonds is 7. The van der Waals surface area contributed by atoms with Gasteiger partial charge in [0, 0.05) is 18.1 Å². The summed E-state index contributed by atoms with van der Waals surface area (Å²) in [6.07, 6.45) is -1.13. The van der Waals surface area contributed by atoms with E-state index in [1.807, 2.05) is 0 Å². The minimum atomic E-state index is -2.82. The van der Waals surface area contributed by atoms with Crippen molar-refractivity contribution in [3.05, 3.63) is 55.4 Å². The Balaban J connectivity index is 1.84. The van der Waals surface area contributed by atoms with E-state index in [-0.39, 0.29) is 17.2 Å². The number of benzene rings is 1. The highest BCUT2D eigenvalue weighted by molar-refractivity contribution is 5.91.